The van der Waals surface area contributed by atoms with E-state index in [0.29, 0.717) is 26.3 Å². The van der Waals surface area contributed by atoms with E-state index in [2.05, 4.69) is 18.4 Å². The monoisotopic (exact) mass is 345 g/mol. The topological polar surface area (TPSA) is 29.5 Å². The van der Waals surface area contributed by atoms with Crippen LogP contribution in [0.3, 0.4) is 0 Å². The molecule has 0 saturated carbocycles. The lowest BCUT2D eigenvalue weighted by atomic mass is 10.2. The fourth-order valence-corrected chi connectivity index (χ4v) is 2.24. The van der Waals surface area contributed by atoms with Gasteiger partial charge in [-0.1, -0.05) is 72.7 Å². The van der Waals surface area contributed by atoms with E-state index in [1.54, 1.807) is 11.0 Å². The number of nitrogens with zero attached hydrogens (tertiary/aromatic N) is 1. The SMILES string of the molecule is C=CCOC/C=C\CN(Cc1ccccc1)C(=O)C#Cc1ccccc1. The summed E-state index contributed by atoms with van der Waals surface area (Å²) in [6.07, 6.45) is 5.53. The Kier molecular flexibility index (Phi) is 8.48. The van der Waals surface area contributed by atoms with Crippen LogP contribution in [0.5, 0.6) is 0 Å². The number of ether oxygens (including phenoxy) is 1. The zero-order valence-corrected chi connectivity index (χ0v) is 14.8. The van der Waals surface area contributed by atoms with Crippen LogP contribution in [0.2, 0.25) is 0 Å². The van der Waals surface area contributed by atoms with Crippen LogP contribution >= 0.6 is 0 Å². The smallest absolute Gasteiger partial charge is 0.299 e. The summed E-state index contributed by atoms with van der Waals surface area (Å²) in [6.45, 7) is 5.61. The molecule has 132 valence electrons. The number of hydrogen-bond donors (Lipinski definition) is 0. The van der Waals surface area contributed by atoms with E-state index in [-0.39, 0.29) is 5.91 Å². The maximum Gasteiger partial charge on any atom is 0.299 e. The summed E-state index contributed by atoms with van der Waals surface area (Å²) in [5.41, 5.74) is 1.90. The molecule has 0 radical (unpaired) electrons. The van der Waals surface area contributed by atoms with Crippen LogP contribution in [0, 0.1) is 11.8 Å². The number of rotatable bonds is 8. The lowest BCUT2D eigenvalue weighted by Gasteiger charge is -2.18. The average Bonchev–Trinajstić information content (AvgIpc) is 2.69. The van der Waals surface area contributed by atoms with Crippen LogP contribution in [0.25, 0.3) is 0 Å². The lowest BCUT2D eigenvalue weighted by molar-refractivity contribution is -0.125. The fraction of sp³-hybridized carbons (Fsp3) is 0.174. The van der Waals surface area contributed by atoms with Gasteiger partial charge in [0.1, 0.15) is 0 Å². The first kappa shape index (κ1) is 19.2. The number of hydrogen-bond acceptors (Lipinski definition) is 2. The summed E-state index contributed by atoms with van der Waals surface area (Å²) < 4.78 is 5.31. The second kappa shape index (κ2) is 11.5. The average molecular weight is 345 g/mol. The number of benzene rings is 2. The van der Waals surface area contributed by atoms with Gasteiger partial charge in [-0.05, 0) is 17.7 Å². The van der Waals surface area contributed by atoms with Gasteiger partial charge in [0, 0.05) is 24.6 Å². The van der Waals surface area contributed by atoms with Crippen LogP contribution in [0.15, 0.2) is 85.5 Å². The van der Waals surface area contributed by atoms with Crippen molar-refractivity contribution in [2.45, 2.75) is 6.54 Å². The Balaban J connectivity index is 2.02. The number of amides is 1. The zero-order valence-electron chi connectivity index (χ0n) is 14.8. The molecule has 0 spiro atoms. The molecular formula is C23H23NO2. The summed E-state index contributed by atoms with van der Waals surface area (Å²) in [6, 6.07) is 19.4. The molecule has 0 heterocycles. The van der Waals surface area contributed by atoms with Gasteiger partial charge in [-0.3, -0.25) is 4.79 Å². The molecule has 2 rings (SSSR count). The zero-order chi connectivity index (χ0) is 18.5. The summed E-state index contributed by atoms with van der Waals surface area (Å²) in [5, 5.41) is 0. The van der Waals surface area contributed by atoms with Gasteiger partial charge >= 0.3 is 0 Å². The van der Waals surface area contributed by atoms with Crippen LogP contribution in [0.1, 0.15) is 11.1 Å². The van der Waals surface area contributed by atoms with E-state index in [1.165, 1.54) is 0 Å². The van der Waals surface area contributed by atoms with E-state index in [1.807, 2.05) is 72.8 Å². The van der Waals surface area contributed by atoms with Crippen LogP contribution in [-0.2, 0) is 16.1 Å². The van der Waals surface area contributed by atoms with E-state index in [0.717, 1.165) is 11.1 Å². The Morgan fingerprint density at radius 1 is 1.00 bits per heavy atom. The lowest BCUT2D eigenvalue weighted by Crippen LogP contribution is -2.29. The quantitative estimate of drug-likeness (QED) is 0.413. The van der Waals surface area contributed by atoms with Crippen molar-refractivity contribution in [1.82, 2.24) is 4.90 Å². The summed E-state index contributed by atoms with van der Waals surface area (Å²) in [5.74, 6) is 5.47. The van der Waals surface area contributed by atoms with Crippen molar-refractivity contribution in [2.24, 2.45) is 0 Å². The molecule has 2 aromatic rings. The van der Waals surface area contributed by atoms with Gasteiger partial charge in [0.2, 0.25) is 0 Å². The predicted octanol–water partition coefficient (Wildman–Crippen LogP) is 3.83. The molecule has 0 bridgehead atoms. The summed E-state index contributed by atoms with van der Waals surface area (Å²) in [4.78, 5) is 14.3. The highest BCUT2D eigenvalue weighted by Gasteiger charge is 2.10. The Hall–Kier alpha value is -3.09. The molecule has 3 nitrogen and oxygen atoms in total. The molecule has 0 atom stereocenters. The highest BCUT2D eigenvalue weighted by Crippen LogP contribution is 2.05. The number of carbonyl (C=O) groups excluding carboxylic acids is 1. The largest absolute Gasteiger partial charge is 0.373 e. The van der Waals surface area contributed by atoms with Crippen molar-refractivity contribution in [3.8, 4) is 11.8 Å². The third-order valence-electron chi connectivity index (χ3n) is 3.53. The molecule has 0 fully saturated rings. The van der Waals surface area contributed by atoms with Gasteiger partial charge in [-0.15, -0.1) is 6.58 Å². The first-order valence-electron chi connectivity index (χ1n) is 8.53. The second-order valence-electron chi connectivity index (χ2n) is 5.58. The van der Waals surface area contributed by atoms with Crippen LogP contribution in [-0.4, -0.2) is 30.6 Å². The van der Waals surface area contributed by atoms with Gasteiger partial charge in [0.05, 0.1) is 13.2 Å². The molecule has 0 saturated heterocycles. The van der Waals surface area contributed by atoms with Crippen molar-refractivity contribution in [2.75, 3.05) is 19.8 Å². The van der Waals surface area contributed by atoms with Crippen molar-refractivity contribution >= 4 is 5.91 Å². The second-order valence-corrected chi connectivity index (χ2v) is 5.58. The van der Waals surface area contributed by atoms with Crippen molar-refractivity contribution in [3.63, 3.8) is 0 Å². The van der Waals surface area contributed by atoms with E-state index >= 15 is 0 Å². The van der Waals surface area contributed by atoms with Crippen LogP contribution < -0.4 is 0 Å². The third kappa shape index (κ3) is 7.21. The Morgan fingerprint density at radius 2 is 1.69 bits per heavy atom. The Bertz CT molecular complexity index is 770. The maximum atomic E-state index is 12.6. The van der Waals surface area contributed by atoms with E-state index in [9.17, 15) is 4.79 Å². The van der Waals surface area contributed by atoms with E-state index in [4.69, 9.17) is 4.74 Å². The molecule has 3 heteroatoms. The van der Waals surface area contributed by atoms with Gasteiger partial charge in [0.25, 0.3) is 5.91 Å². The molecule has 0 unspecified atom stereocenters. The highest BCUT2D eigenvalue weighted by molar-refractivity contribution is 5.94. The van der Waals surface area contributed by atoms with Crippen molar-refractivity contribution in [1.29, 1.82) is 0 Å². The first-order chi connectivity index (χ1) is 12.8. The van der Waals surface area contributed by atoms with Gasteiger partial charge in [0.15, 0.2) is 0 Å². The summed E-state index contributed by atoms with van der Waals surface area (Å²) >= 11 is 0. The molecule has 1 amide bonds. The van der Waals surface area contributed by atoms with Gasteiger partial charge in [-0.25, -0.2) is 0 Å². The molecule has 26 heavy (non-hydrogen) atoms. The third-order valence-corrected chi connectivity index (χ3v) is 3.53. The molecule has 0 aliphatic rings. The molecular weight excluding hydrogens is 322 g/mol. The Labute approximate surface area is 155 Å². The minimum absolute atomic E-state index is 0.200. The van der Waals surface area contributed by atoms with E-state index < -0.39 is 0 Å². The molecule has 0 aliphatic carbocycles. The van der Waals surface area contributed by atoms with Crippen LogP contribution in [0.4, 0.5) is 0 Å². The van der Waals surface area contributed by atoms with Gasteiger partial charge in [-0.2, -0.15) is 0 Å². The maximum absolute atomic E-state index is 12.6. The minimum atomic E-state index is -0.200. The predicted molar refractivity (Wildman–Crippen MR) is 105 cm³/mol. The normalized spacial score (nSPS) is 10.2. The molecule has 2 aromatic carbocycles. The summed E-state index contributed by atoms with van der Waals surface area (Å²) in [7, 11) is 0. The van der Waals surface area contributed by atoms with Crippen molar-refractivity contribution < 1.29 is 9.53 Å². The fourth-order valence-electron chi connectivity index (χ4n) is 2.24. The van der Waals surface area contributed by atoms with Crippen molar-refractivity contribution in [3.05, 3.63) is 96.6 Å². The molecule has 0 aromatic heterocycles. The molecule has 0 N–H and O–H groups in total. The van der Waals surface area contributed by atoms with Gasteiger partial charge < -0.3 is 9.64 Å². The first-order valence-corrected chi connectivity index (χ1v) is 8.53. The number of carbonyl (C=O) groups is 1. The highest BCUT2D eigenvalue weighted by atomic mass is 16.5. The Morgan fingerprint density at radius 3 is 2.38 bits per heavy atom. The standard InChI is InChI=1S/C23H23NO2/c1-2-18-26-19-10-9-17-24(20-22-13-7-4-8-14-22)23(25)16-15-21-11-5-3-6-12-21/h2-14H,1,17-20H2/b10-9-. The molecule has 0 aliphatic heterocycles. The minimum Gasteiger partial charge on any atom is -0.373 e.